The van der Waals surface area contributed by atoms with Gasteiger partial charge in [-0.2, -0.15) is 0 Å². The van der Waals surface area contributed by atoms with Gasteiger partial charge in [-0.05, 0) is 18.2 Å². The van der Waals surface area contributed by atoms with E-state index in [1.165, 1.54) is 6.07 Å². The van der Waals surface area contributed by atoms with Gasteiger partial charge in [0.1, 0.15) is 5.82 Å². The SMILES string of the molecule is Nc1nc2c(c(=O)[nH]1)CN(Cc1ccc(-c3ccccc3F)s1)CC2. The average molecular weight is 356 g/mol. The molecule has 0 spiro atoms. The molecule has 0 radical (unpaired) electrons. The van der Waals surface area contributed by atoms with Gasteiger partial charge in [-0.1, -0.05) is 18.2 Å². The van der Waals surface area contributed by atoms with Crippen LogP contribution in [-0.2, 0) is 19.5 Å². The standard InChI is InChI=1S/C18H17FN4OS/c19-14-4-2-1-3-12(14)16-6-5-11(25-16)9-23-8-7-15-13(10-23)17(24)22-18(20)21-15/h1-6H,7-10H2,(H3,20,21,22,24). The average Bonchev–Trinajstić information content (AvgIpc) is 3.04. The van der Waals surface area contributed by atoms with Crippen molar-refractivity contribution < 1.29 is 4.39 Å². The summed E-state index contributed by atoms with van der Waals surface area (Å²) in [6.45, 7) is 2.09. The number of halogens is 1. The summed E-state index contributed by atoms with van der Waals surface area (Å²) < 4.78 is 13.9. The van der Waals surface area contributed by atoms with Crippen LogP contribution >= 0.6 is 11.3 Å². The van der Waals surface area contributed by atoms with Gasteiger partial charge in [0.2, 0.25) is 5.95 Å². The second-order valence-electron chi connectivity index (χ2n) is 6.08. The third-order valence-corrected chi connectivity index (χ3v) is 5.45. The van der Waals surface area contributed by atoms with Gasteiger partial charge in [0.25, 0.3) is 5.56 Å². The van der Waals surface area contributed by atoms with Crippen LogP contribution in [0.15, 0.2) is 41.2 Å². The van der Waals surface area contributed by atoms with Crippen molar-refractivity contribution in [3.63, 3.8) is 0 Å². The molecule has 1 aliphatic rings. The molecule has 0 saturated heterocycles. The number of anilines is 1. The van der Waals surface area contributed by atoms with E-state index in [2.05, 4.69) is 14.9 Å². The van der Waals surface area contributed by atoms with Crippen LogP contribution in [-0.4, -0.2) is 21.4 Å². The minimum Gasteiger partial charge on any atom is -0.369 e. The Morgan fingerprint density at radius 3 is 2.96 bits per heavy atom. The van der Waals surface area contributed by atoms with Gasteiger partial charge in [-0.3, -0.25) is 14.7 Å². The number of fused-ring (bicyclic) bond motifs is 1. The van der Waals surface area contributed by atoms with Crippen molar-refractivity contribution >= 4 is 17.3 Å². The maximum absolute atomic E-state index is 13.9. The van der Waals surface area contributed by atoms with Gasteiger partial charge in [0.05, 0.1) is 11.3 Å². The Bertz CT molecular complexity index is 981. The molecule has 1 aromatic carbocycles. The van der Waals surface area contributed by atoms with Gasteiger partial charge in [-0.25, -0.2) is 9.37 Å². The van der Waals surface area contributed by atoms with Crippen LogP contribution in [0.4, 0.5) is 10.3 Å². The zero-order valence-corrected chi connectivity index (χ0v) is 14.3. The van der Waals surface area contributed by atoms with Gasteiger partial charge < -0.3 is 5.73 Å². The number of nitrogen functional groups attached to an aromatic ring is 1. The first-order chi connectivity index (χ1) is 12.1. The van der Waals surface area contributed by atoms with E-state index in [1.807, 2.05) is 18.2 Å². The Morgan fingerprint density at radius 2 is 2.12 bits per heavy atom. The number of aromatic nitrogens is 2. The van der Waals surface area contributed by atoms with E-state index >= 15 is 0 Å². The van der Waals surface area contributed by atoms with Crippen molar-refractivity contribution in [2.45, 2.75) is 19.5 Å². The highest BCUT2D eigenvalue weighted by Gasteiger charge is 2.21. The van der Waals surface area contributed by atoms with Crippen LogP contribution in [0.1, 0.15) is 16.1 Å². The molecule has 25 heavy (non-hydrogen) atoms. The van der Waals surface area contributed by atoms with E-state index < -0.39 is 0 Å². The third-order valence-electron chi connectivity index (χ3n) is 4.35. The van der Waals surface area contributed by atoms with Crippen molar-refractivity contribution in [3.8, 4) is 10.4 Å². The van der Waals surface area contributed by atoms with E-state index in [0.717, 1.165) is 28.5 Å². The Hall–Kier alpha value is -2.51. The third kappa shape index (κ3) is 3.20. The second kappa shape index (κ2) is 6.42. The van der Waals surface area contributed by atoms with Gasteiger partial charge in [-0.15, -0.1) is 11.3 Å². The number of thiophene rings is 1. The monoisotopic (exact) mass is 356 g/mol. The zero-order chi connectivity index (χ0) is 17.4. The Labute approximate surface area is 148 Å². The molecule has 1 aliphatic heterocycles. The Balaban J connectivity index is 1.52. The number of H-pyrrole nitrogens is 1. The predicted octanol–water partition coefficient (Wildman–Crippen LogP) is 2.78. The normalized spacial score (nSPS) is 14.4. The van der Waals surface area contributed by atoms with Crippen LogP contribution < -0.4 is 11.3 Å². The number of benzene rings is 1. The Kier molecular flexibility index (Phi) is 4.10. The molecule has 0 saturated carbocycles. The summed E-state index contributed by atoms with van der Waals surface area (Å²) in [4.78, 5) is 23.1. The minimum absolute atomic E-state index is 0.162. The molecule has 0 atom stereocenters. The fraction of sp³-hybridized carbons (Fsp3) is 0.222. The summed E-state index contributed by atoms with van der Waals surface area (Å²) in [5.41, 5.74) is 7.54. The maximum Gasteiger partial charge on any atom is 0.257 e. The lowest BCUT2D eigenvalue weighted by atomic mass is 10.1. The molecular weight excluding hydrogens is 339 g/mol. The Morgan fingerprint density at radius 1 is 1.28 bits per heavy atom. The quantitative estimate of drug-likeness (QED) is 0.757. The number of rotatable bonds is 3. The van der Waals surface area contributed by atoms with Crippen molar-refractivity contribution in [1.29, 1.82) is 0 Å². The van der Waals surface area contributed by atoms with Crippen LogP contribution in [0.2, 0.25) is 0 Å². The number of hydrogen-bond donors (Lipinski definition) is 2. The first-order valence-corrected chi connectivity index (χ1v) is 8.85. The second-order valence-corrected chi connectivity index (χ2v) is 7.25. The molecule has 128 valence electrons. The van der Waals surface area contributed by atoms with Crippen molar-refractivity contribution in [2.75, 3.05) is 12.3 Å². The molecule has 0 amide bonds. The largest absolute Gasteiger partial charge is 0.369 e. The summed E-state index contributed by atoms with van der Waals surface area (Å²) in [7, 11) is 0. The van der Waals surface area contributed by atoms with Crippen LogP contribution in [0.5, 0.6) is 0 Å². The summed E-state index contributed by atoms with van der Waals surface area (Å²) in [5, 5.41) is 0. The van der Waals surface area contributed by atoms with Crippen LogP contribution in [0.3, 0.4) is 0 Å². The highest BCUT2D eigenvalue weighted by atomic mass is 32.1. The lowest BCUT2D eigenvalue weighted by Gasteiger charge is -2.26. The summed E-state index contributed by atoms with van der Waals surface area (Å²) in [5.74, 6) is -0.0389. The highest BCUT2D eigenvalue weighted by molar-refractivity contribution is 7.15. The number of aromatic amines is 1. The van der Waals surface area contributed by atoms with E-state index in [9.17, 15) is 9.18 Å². The highest BCUT2D eigenvalue weighted by Crippen LogP contribution is 2.31. The molecule has 3 aromatic rings. The fourth-order valence-electron chi connectivity index (χ4n) is 3.12. The van der Waals surface area contributed by atoms with Crippen LogP contribution in [0, 0.1) is 5.82 Å². The lowest BCUT2D eigenvalue weighted by molar-refractivity contribution is 0.244. The van der Waals surface area contributed by atoms with Crippen molar-refractivity contribution in [3.05, 3.63) is 68.7 Å². The molecule has 5 nitrogen and oxygen atoms in total. The van der Waals surface area contributed by atoms with E-state index in [1.54, 1.807) is 23.5 Å². The topological polar surface area (TPSA) is 75.0 Å². The maximum atomic E-state index is 13.9. The molecule has 0 bridgehead atoms. The lowest BCUT2D eigenvalue weighted by Crippen LogP contribution is -2.35. The number of nitrogens with two attached hydrogens (primary N) is 1. The van der Waals surface area contributed by atoms with Crippen LogP contribution in [0.25, 0.3) is 10.4 Å². The molecular formula is C18H17FN4OS. The molecule has 0 aliphatic carbocycles. The smallest absolute Gasteiger partial charge is 0.257 e. The van der Waals surface area contributed by atoms with Gasteiger partial charge in [0.15, 0.2) is 0 Å². The molecule has 2 aromatic heterocycles. The first-order valence-electron chi connectivity index (χ1n) is 8.03. The molecule has 4 rings (SSSR count). The molecule has 3 heterocycles. The summed E-state index contributed by atoms with van der Waals surface area (Å²) in [6, 6.07) is 10.8. The number of hydrogen-bond acceptors (Lipinski definition) is 5. The number of nitrogens with zero attached hydrogens (tertiary/aromatic N) is 2. The summed E-state index contributed by atoms with van der Waals surface area (Å²) in [6.07, 6.45) is 0.703. The first kappa shape index (κ1) is 16.0. The summed E-state index contributed by atoms with van der Waals surface area (Å²) >= 11 is 1.58. The van der Waals surface area contributed by atoms with E-state index in [4.69, 9.17) is 5.73 Å². The van der Waals surface area contributed by atoms with Crippen molar-refractivity contribution in [2.24, 2.45) is 0 Å². The van der Waals surface area contributed by atoms with Gasteiger partial charge in [0, 0.05) is 41.4 Å². The van der Waals surface area contributed by atoms with Gasteiger partial charge >= 0.3 is 0 Å². The molecule has 7 heteroatoms. The van der Waals surface area contributed by atoms with E-state index in [0.29, 0.717) is 24.1 Å². The molecule has 3 N–H and O–H groups in total. The number of nitrogens with one attached hydrogen (secondary N) is 1. The van der Waals surface area contributed by atoms with Crippen molar-refractivity contribution in [1.82, 2.24) is 14.9 Å². The van der Waals surface area contributed by atoms with E-state index in [-0.39, 0.29) is 17.3 Å². The molecule has 0 unspecified atom stereocenters. The predicted molar refractivity (Wildman–Crippen MR) is 96.8 cm³/mol. The fourth-order valence-corrected chi connectivity index (χ4v) is 4.20. The minimum atomic E-state index is -0.210. The zero-order valence-electron chi connectivity index (χ0n) is 13.5. The molecule has 0 fully saturated rings.